The van der Waals surface area contributed by atoms with E-state index in [2.05, 4.69) is 20.8 Å². The van der Waals surface area contributed by atoms with Crippen LogP contribution >= 0.6 is 7.60 Å². The lowest BCUT2D eigenvalue weighted by atomic mass is 10.2. The molecule has 0 bridgehead atoms. The van der Waals surface area contributed by atoms with E-state index in [0.29, 0.717) is 0 Å². The Morgan fingerprint density at radius 2 is 1.55 bits per heavy atom. The van der Waals surface area contributed by atoms with Crippen molar-refractivity contribution in [3.8, 4) is 0 Å². The van der Waals surface area contributed by atoms with Gasteiger partial charge >= 0.3 is 7.60 Å². The first-order chi connectivity index (χ1) is 8.91. The van der Waals surface area contributed by atoms with E-state index in [1.807, 2.05) is 13.1 Å². The molecule has 0 unspecified atom stereocenters. The minimum atomic E-state index is -3.49. The summed E-state index contributed by atoms with van der Waals surface area (Å²) in [6, 6.07) is 0. The van der Waals surface area contributed by atoms with E-state index in [9.17, 15) is 9.67 Å². The summed E-state index contributed by atoms with van der Waals surface area (Å²) in [6.07, 6.45) is -0.923. The first kappa shape index (κ1) is 20.3. The molecular weight excluding hydrogens is 295 g/mol. The molecule has 0 aromatic rings. The van der Waals surface area contributed by atoms with Crippen molar-refractivity contribution in [1.29, 1.82) is 0 Å². The van der Waals surface area contributed by atoms with Gasteiger partial charge in [0.15, 0.2) is 14.2 Å². The zero-order chi connectivity index (χ0) is 16.2. The summed E-state index contributed by atoms with van der Waals surface area (Å²) < 4.78 is 29.6. The van der Waals surface area contributed by atoms with Crippen LogP contribution in [0.5, 0.6) is 0 Å². The number of rotatable bonds is 8. The van der Waals surface area contributed by atoms with Gasteiger partial charge in [0.05, 0.1) is 19.3 Å². The van der Waals surface area contributed by atoms with Crippen LogP contribution in [0, 0.1) is 0 Å². The van der Waals surface area contributed by atoms with Gasteiger partial charge in [-0.05, 0) is 38.9 Å². The van der Waals surface area contributed by atoms with E-state index in [-0.39, 0.29) is 18.3 Å². The highest BCUT2D eigenvalue weighted by atomic mass is 31.2. The van der Waals surface area contributed by atoms with Crippen molar-refractivity contribution in [1.82, 2.24) is 0 Å². The summed E-state index contributed by atoms with van der Waals surface area (Å²) in [7, 11) is -5.68. The van der Waals surface area contributed by atoms with Crippen molar-refractivity contribution >= 4 is 15.9 Å². The topological polar surface area (TPSA) is 65.0 Å². The van der Waals surface area contributed by atoms with Crippen molar-refractivity contribution in [2.24, 2.45) is 0 Å². The van der Waals surface area contributed by atoms with Gasteiger partial charge in [-0.1, -0.05) is 20.8 Å². The molecule has 0 saturated carbocycles. The molecule has 0 aromatic carbocycles. The van der Waals surface area contributed by atoms with Gasteiger partial charge in [-0.2, -0.15) is 0 Å². The van der Waals surface area contributed by atoms with Gasteiger partial charge in [-0.25, -0.2) is 0 Å². The number of hydrogen-bond donors (Lipinski definition) is 1. The SMILES string of the molecule is CCOP(=O)(OCC)[C@H](O[Si](C)(C)C(C)(C)C)[C@H](C)O. The third kappa shape index (κ3) is 5.24. The summed E-state index contributed by atoms with van der Waals surface area (Å²) in [5.41, 5.74) is 0. The first-order valence-corrected chi connectivity index (χ1v) is 11.7. The number of hydrogen-bond acceptors (Lipinski definition) is 5. The summed E-state index contributed by atoms with van der Waals surface area (Å²) >= 11 is 0. The quantitative estimate of drug-likeness (QED) is 0.540. The monoisotopic (exact) mass is 326 g/mol. The molecule has 0 heterocycles. The van der Waals surface area contributed by atoms with Crippen molar-refractivity contribution in [3.63, 3.8) is 0 Å². The Morgan fingerprint density at radius 1 is 1.15 bits per heavy atom. The maximum Gasteiger partial charge on any atom is 0.360 e. The van der Waals surface area contributed by atoms with E-state index in [1.165, 1.54) is 0 Å². The third-order valence-corrected chi connectivity index (χ3v) is 10.6. The molecule has 0 amide bonds. The highest BCUT2D eigenvalue weighted by Crippen LogP contribution is 2.56. The molecule has 0 saturated heterocycles. The fourth-order valence-electron chi connectivity index (χ4n) is 1.45. The molecule has 0 aliphatic carbocycles. The molecule has 20 heavy (non-hydrogen) atoms. The van der Waals surface area contributed by atoms with Crippen molar-refractivity contribution in [2.75, 3.05) is 13.2 Å². The van der Waals surface area contributed by atoms with Gasteiger partial charge in [0.1, 0.15) is 0 Å². The van der Waals surface area contributed by atoms with Crippen LogP contribution in [0.15, 0.2) is 0 Å². The first-order valence-electron chi connectivity index (χ1n) is 7.16. The Balaban J connectivity index is 5.39. The fourth-order valence-corrected chi connectivity index (χ4v) is 5.53. The minimum Gasteiger partial charge on any atom is -0.401 e. The van der Waals surface area contributed by atoms with Crippen LogP contribution in [0.2, 0.25) is 18.1 Å². The van der Waals surface area contributed by atoms with Crippen LogP contribution in [0.3, 0.4) is 0 Å². The summed E-state index contributed by atoms with van der Waals surface area (Å²) in [4.78, 5) is 0. The molecular formula is C13H31O5PSi. The molecule has 0 fully saturated rings. The number of aliphatic hydroxyl groups excluding tert-OH is 1. The Labute approximate surface area is 124 Å². The zero-order valence-electron chi connectivity index (χ0n) is 14.1. The maximum atomic E-state index is 12.9. The lowest BCUT2D eigenvalue weighted by Crippen LogP contribution is -2.46. The minimum absolute atomic E-state index is 0.0522. The van der Waals surface area contributed by atoms with E-state index in [4.69, 9.17) is 13.5 Å². The van der Waals surface area contributed by atoms with Gasteiger partial charge in [-0.3, -0.25) is 4.57 Å². The predicted octanol–water partition coefficient (Wildman–Crippen LogP) is 3.98. The summed E-state index contributed by atoms with van der Waals surface area (Å²) in [5, 5.41) is 9.94. The molecule has 0 spiro atoms. The van der Waals surface area contributed by atoms with Gasteiger partial charge in [-0.15, -0.1) is 0 Å². The molecule has 0 aromatic heterocycles. The van der Waals surface area contributed by atoms with E-state index in [1.54, 1.807) is 20.8 Å². The lowest BCUT2D eigenvalue weighted by molar-refractivity contribution is 0.0577. The molecule has 0 radical (unpaired) electrons. The molecule has 1 N–H and O–H groups in total. The van der Waals surface area contributed by atoms with Gasteiger partial charge in [0, 0.05) is 0 Å². The molecule has 2 atom stereocenters. The molecule has 0 rings (SSSR count). The van der Waals surface area contributed by atoms with Gasteiger partial charge < -0.3 is 18.6 Å². The van der Waals surface area contributed by atoms with E-state index in [0.717, 1.165) is 0 Å². The molecule has 5 nitrogen and oxygen atoms in total. The smallest absolute Gasteiger partial charge is 0.360 e. The second-order valence-electron chi connectivity index (χ2n) is 6.38. The second-order valence-corrected chi connectivity index (χ2v) is 13.2. The van der Waals surface area contributed by atoms with Crippen molar-refractivity contribution in [3.05, 3.63) is 0 Å². The average molecular weight is 326 g/mol. The van der Waals surface area contributed by atoms with Crippen LogP contribution in [0.25, 0.3) is 0 Å². The second kappa shape index (κ2) is 7.52. The standard InChI is InChI=1S/C13H31O5PSi/c1-9-16-19(15,17-10-2)12(11(3)14)18-20(7,8)13(4,5)6/h11-12,14H,9-10H2,1-8H3/t11-,12-/m0/s1. The molecule has 7 heteroatoms. The van der Waals surface area contributed by atoms with E-state index < -0.39 is 27.9 Å². The normalized spacial score (nSPS) is 17.1. The zero-order valence-corrected chi connectivity index (χ0v) is 16.0. The van der Waals surface area contributed by atoms with Gasteiger partial charge in [0.25, 0.3) is 0 Å². The highest BCUT2D eigenvalue weighted by molar-refractivity contribution is 7.54. The van der Waals surface area contributed by atoms with Crippen LogP contribution in [0.1, 0.15) is 41.5 Å². The van der Waals surface area contributed by atoms with Crippen molar-refractivity contribution < 1.29 is 23.1 Å². The predicted molar refractivity (Wildman–Crippen MR) is 84.6 cm³/mol. The van der Waals surface area contributed by atoms with Gasteiger partial charge in [0.2, 0.25) is 0 Å². The van der Waals surface area contributed by atoms with E-state index >= 15 is 0 Å². The van der Waals surface area contributed by atoms with Crippen molar-refractivity contribution in [2.45, 2.75) is 71.6 Å². The molecule has 0 aliphatic rings. The Bertz CT molecular complexity index is 328. The summed E-state index contributed by atoms with van der Waals surface area (Å²) in [6.45, 7) is 15.9. The van der Waals surface area contributed by atoms with Crippen LogP contribution in [0.4, 0.5) is 0 Å². The Hall–Kier alpha value is 0.287. The third-order valence-electron chi connectivity index (χ3n) is 3.56. The summed E-state index contributed by atoms with van der Waals surface area (Å²) in [5.74, 6) is -0.941. The largest absolute Gasteiger partial charge is 0.401 e. The highest BCUT2D eigenvalue weighted by Gasteiger charge is 2.47. The van der Waals surface area contributed by atoms with Crippen LogP contribution < -0.4 is 0 Å². The Morgan fingerprint density at radius 3 is 1.80 bits per heavy atom. The molecule has 0 aliphatic heterocycles. The van der Waals surface area contributed by atoms with Crippen LogP contribution in [-0.2, 0) is 18.0 Å². The number of aliphatic hydroxyl groups is 1. The lowest BCUT2D eigenvalue weighted by Gasteiger charge is -2.41. The van der Waals surface area contributed by atoms with Crippen LogP contribution in [-0.4, -0.2) is 38.6 Å². The average Bonchev–Trinajstić information content (AvgIpc) is 2.24. The molecule has 122 valence electrons. The fraction of sp³-hybridized carbons (Fsp3) is 1.00. The maximum absolute atomic E-state index is 12.9. The Kier molecular flexibility index (Phi) is 7.63.